The summed E-state index contributed by atoms with van der Waals surface area (Å²) in [5, 5.41) is 18.0. The highest BCUT2D eigenvalue weighted by Gasteiger charge is 2.38. The second-order valence-corrected chi connectivity index (χ2v) is 5.48. The number of alkyl halides is 3. The van der Waals surface area contributed by atoms with Crippen molar-refractivity contribution in [1.29, 1.82) is 0 Å². The monoisotopic (exact) mass is 379 g/mol. The molecule has 2 heterocycles. The fourth-order valence-electron chi connectivity index (χ4n) is 2.13. The summed E-state index contributed by atoms with van der Waals surface area (Å²) in [6, 6.07) is 0. The molecule has 0 radical (unpaired) electrons. The van der Waals surface area contributed by atoms with Crippen molar-refractivity contribution >= 4 is 29.2 Å². The van der Waals surface area contributed by atoms with Crippen LogP contribution in [0.4, 0.5) is 18.9 Å². The lowest BCUT2D eigenvalue weighted by Gasteiger charge is -2.06. The van der Waals surface area contributed by atoms with Gasteiger partial charge in [0.05, 0.1) is 29.1 Å². The van der Waals surface area contributed by atoms with Gasteiger partial charge in [0, 0.05) is 13.5 Å². The van der Waals surface area contributed by atoms with E-state index in [0.29, 0.717) is 0 Å². The molecule has 2 N–H and O–H groups in total. The second-order valence-electron chi connectivity index (χ2n) is 5.10. The van der Waals surface area contributed by atoms with Crippen molar-refractivity contribution in [3.05, 3.63) is 28.3 Å². The number of hydrogen-bond donors (Lipinski definition) is 2. The highest BCUT2D eigenvalue weighted by molar-refractivity contribution is 6.31. The van der Waals surface area contributed by atoms with Crippen LogP contribution in [0.15, 0.2) is 6.20 Å². The molecule has 0 bridgehead atoms. The molecule has 0 atom stereocenters. The first-order valence-electron chi connectivity index (χ1n) is 6.87. The number of aromatic carboxylic acids is 1. The Morgan fingerprint density at radius 3 is 2.56 bits per heavy atom. The predicted molar refractivity (Wildman–Crippen MR) is 80.4 cm³/mol. The SMILES string of the molecule is Cc1c(Cl)c(C(F)(F)F)nn1CCC(=O)Nc1cnn(C)c1C(=O)O. The number of carbonyl (C=O) groups is 2. The molecular weight excluding hydrogens is 367 g/mol. The maximum Gasteiger partial charge on any atom is 0.436 e. The Labute approximate surface area is 144 Å². The number of hydrogen-bond acceptors (Lipinski definition) is 4. The summed E-state index contributed by atoms with van der Waals surface area (Å²) in [5.41, 5.74) is -1.36. The standard InChI is InChI=1S/C13H13ClF3N5O3/c1-6-9(14)11(13(15,16)17)20-22(6)4-3-8(23)19-7-5-18-21(2)10(7)12(24)25/h5H,3-4H2,1-2H3,(H,19,23)(H,24,25). The zero-order chi connectivity index (χ0) is 18.9. The molecule has 25 heavy (non-hydrogen) atoms. The first kappa shape index (κ1) is 18.8. The first-order chi connectivity index (χ1) is 11.5. The molecule has 0 fully saturated rings. The van der Waals surface area contributed by atoms with Gasteiger partial charge in [-0.25, -0.2) is 4.79 Å². The Hall–Kier alpha value is -2.56. The van der Waals surface area contributed by atoms with Crippen LogP contribution in [0.5, 0.6) is 0 Å². The van der Waals surface area contributed by atoms with Crippen LogP contribution >= 0.6 is 11.6 Å². The van der Waals surface area contributed by atoms with Crippen molar-refractivity contribution in [3.63, 3.8) is 0 Å². The minimum absolute atomic E-state index is 0.00815. The smallest absolute Gasteiger partial charge is 0.436 e. The maximum atomic E-state index is 12.7. The predicted octanol–water partition coefficient (Wildman–Crippen LogP) is 2.32. The lowest BCUT2D eigenvalue weighted by atomic mass is 10.3. The van der Waals surface area contributed by atoms with Gasteiger partial charge in [0.1, 0.15) is 0 Å². The number of nitrogens with zero attached hydrogens (tertiary/aromatic N) is 4. The molecule has 2 aromatic heterocycles. The van der Waals surface area contributed by atoms with Crippen LogP contribution in [0.1, 0.15) is 28.3 Å². The molecule has 0 unspecified atom stereocenters. The van der Waals surface area contributed by atoms with Gasteiger partial charge < -0.3 is 10.4 Å². The van der Waals surface area contributed by atoms with E-state index < -0.39 is 28.8 Å². The highest BCUT2D eigenvalue weighted by Crippen LogP contribution is 2.35. The molecule has 0 aliphatic heterocycles. The molecule has 2 aromatic rings. The summed E-state index contributed by atoms with van der Waals surface area (Å²) in [7, 11) is 1.40. The van der Waals surface area contributed by atoms with E-state index in [-0.39, 0.29) is 30.0 Å². The summed E-state index contributed by atoms with van der Waals surface area (Å²) in [4.78, 5) is 23.0. The van der Waals surface area contributed by atoms with Gasteiger partial charge in [0.15, 0.2) is 11.4 Å². The Kier molecular flexibility index (Phi) is 5.07. The van der Waals surface area contributed by atoms with Crippen LogP contribution < -0.4 is 5.32 Å². The van der Waals surface area contributed by atoms with Gasteiger partial charge in [-0.3, -0.25) is 14.2 Å². The van der Waals surface area contributed by atoms with Crippen molar-refractivity contribution in [2.45, 2.75) is 26.1 Å². The third kappa shape index (κ3) is 3.92. The molecular formula is C13H13ClF3N5O3. The van der Waals surface area contributed by atoms with E-state index in [1.807, 2.05) is 0 Å². The van der Waals surface area contributed by atoms with Crippen molar-refractivity contribution in [2.75, 3.05) is 5.32 Å². The van der Waals surface area contributed by atoms with Gasteiger partial charge in [-0.05, 0) is 6.92 Å². The van der Waals surface area contributed by atoms with Gasteiger partial charge in [0.2, 0.25) is 5.91 Å². The van der Waals surface area contributed by atoms with E-state index in [2.05, 4.69) is 15.5 Å². The number of amides is 1. The van der Waals surface area contributed by atoms with Crippen LogP contribution in [0.25, 0.3) is 0 Å². The molecule has 2 rings (SSSR count). The van der Waals surface area contributed by atoms with Crippen molar-refractivity contribution in [1.82, 2.24) is 19.6 Å². The summed E-state index contributed by atoms with van der Waals surface area (Å²) < 4.78 is 40.3. The van der Waals surface area contributed by atoms with Crippen molar-refractivity contribution in [2.24, 2.45) is 7.05 Å². The Morgan fingerprint density at radius 2 is 2.04 bits per heavy atom. The van der Waals surface area contributed by atoms with E-state index in [9.17, 15) is 22.8 Å². The second kappa shape index (κ2) is 6.75. The number of anilines is 1. The van der Waals surface area contributed by atoms with Crippen LogP contribution in [0.3, 0.4) is 0 Å². The zero-order valence-electron chi connectivity index (χ0n) is 13.1. The quantitative estimate of drug-likeness (QED) is 0.830. The molecule has 0 aromatic carbocycles. The average molecular weight is 380 g/mol. The summed E-state index contributed by atoms with van der Waals surface area (Å²) in [6.45, 7) is 1.20. The summed E-state index contributed by atoms with van der Waals surface area (Å²) >= 11 is 5.62. The third-order valence-electron chi connectivity index (χ3n) is 3.37. The van der Waals surface area contributed by atoms with Gasteiger partial charge >= 0.3 is 12.1 Å². The lowest BCUT2D eigenvalue weighted by Crippen LogP contribution is -2.18. The van der Waals surface area contributed by atoms with E-state index in [4.69, 9.17) is 16.7 Å². The molecule has 12 heteroatoms. The fourth-order valence-corrected chi connectivity index (χ4v) is 2.37. The molecule has 0 aliphatic carbocycles. The number of aryl methyl sites for hydroxylation is 2. The minimum atomic E-state index is -4.69. The van der Waals surface area contributed by atoms with E-state index in [0.717, 1.165) is 9.36 Å². The molecule has 1 amide bonds. The molecule has 0 spiro atoms. The number of carbonyl (C=O) groups excluding carboxylic acids is 1. The summed E-state index contributed by atoms with van der Waals surface area (Å²) in [5.74, 6) is -1.88. The van der Waals surface area contributed by atoms with E-state index in [1.54, 1.807) is 0 Å². The summed E-state index contributed by atoms with van der Waals surface area (Å²) in [6.07, 6.45) is -3.76. The number of carboxylic acid groups (broad SMARTS) is 1. The van der Waals surface area contributed by atoms with E-state index in [1.165, 1.54) is 20.2 Å². The largest absolute Gasteiger partial charge is 0.476 e. The third-order valence-corrected chi connectivity index (χ3v) is 3.82. The number of aromatic nitrogens is 4. The van der Waals surface area contributed by atoms with Crippen LogP contribution in [0.2, 0.25) is 5.02 Å². The normalized spacial score (nSPS) is 11.6. The number of halogens is 4. The maximum absolute atomic E-state index is 12.7. The average Bonchev–Trinajstić information content (AvgIpc) is 2.98. The van der Waals surface area contributed by atoms with Gasteiger partial charge in [-0.15, -0.1) is 0 Å². The van der Waals surface area contributed by atoms with Crippen LogP contribution in [-0.4, -0.2) is 36.5 Å². The van der Waals surface area contributed by atoms with Gasteiger partial charge in [-0.2, -0.15) is 23.4 Å². The zero-order valence-corrected chi connectivity index (χ0v) is 13.8. The Morgan fingerprint density at radius 1 is 1.40 bits per heavy atom. The number of rotatable bonds is 5. The number of nitrogens with one attached hydrogen (secondary N) is 1. The highest BCUT2D eigenvalue weighted by atomic mass is 35.5. The molecule has 0 saturated heterocycles. The van der Waals surface area contributed by atoms with Crippen LogP contribution in [0, 0.1) is 6.92 Å². The minimum Gasteiger partial charge on any atom is -0.476 e. The lowest BCUT2D eigenvalue weighted by molar-refractivity contribution is -0.141. The molecule has 136 valence electrons. The molecule has 0 saturated carbocycles. The molecule has 0 aliphatic rings. The van der Waals surface area contributed by atoms with Gasteiger partial charge in [0.25, 0.3) is 0 Å². The first-order valence-corrected chi connectivity index (χ1v) is 7.25. The van der Waals surface area contributed by atoms with Crippen molar-refractivity contribution < 1.29 is 27.9 Å². The Bertz CT molecular complexity index is 828. The Balaban J connectivity index is 2.08. The van der Waals surface area contributed by atoms with Gasteiger partial charge in [-0.1, -0.05) is 11.6 Å². The van der Waals surface area contributed by atoms with E-state index >= 15 is 0 Å². The number of carboxylic acids is 1. The topological polar surface area (TPSA) is 102 Å². The molecule has 8 nitrogen and oxygen atoms in total. The van der Waals surface area contributed by atoms with Crippen molar-refractivity contribution in [3.8, 4) is 0 Å². The fraction of sp³-hybridized carbons (Fsp3) is 0.385. The van der Waals surface area contributed by atoms with Crippen LogP contribution in [-0.2, 0) is 24.6 Å².